The zero-order valence-corrected chi connectivity index (χ0v) is 16.7. The van der Waals surface area contributed by atoms with Gasteiger partial charge in [-0.25, -0.2) is 0 Å². The summed E-state index contributed by atoms with van der Waals surface area (Å²) in [6, 6.07) is 19.2. The molecule has 1 amide bonds. The summed E-state index contributed by atoms with van der Waals surface area (Å²) in [7, 11) is 0. The Morgan fingerprint density at radius 1 is 0.920 bits per heavy atom. The lowest BCUT2D eigenvalue weighted by atomic mass is 10.1. The van der Waals surface area contributed by atoms with E-state index in [2.05, 4.69) is 31.9 Å². The summed E-state index contributed by atoms with van der Waals surface area (Å²) >= 11 is 13.1. The zero-order valence-electron chi connectivity index (χ0n) is 12.8. The molecule has 0 saturated heterocycles. The number of halogens is 3. The summed E-state index contributed by atoms with van der Waals surface area (Å²) in [5.74, 6) is -0.475. The highest BCUT2D eigenvalue weighted by Gasteiger charge is 2.24. The van der Waals surface area contributed by atoms with Gasteiger partial charge in [-0.05, 0) is 48.5 Å². The van der Waals surface area contributed by atoms with E-state index in [-0.39, 0.29) is 17.2 Å². The molecular formula is C19H12Br2ClNO2. The minimum absolute atomic E-state index is 0.0950. The number of hydrogen-bond acceptors (Lipinski definition) is 2. The summed E-state index contributed by atoms with van der Waals surface area (Å²) < 4.78 is 1.51. The Hall–Kier alpha value is -1.82. The average molecular weight is 482 g/mol. The van der Waals surface area contributed by atoms with Crippen LogP contribution in [0.15, 0.2) is 75.7 Å². The van der Waals surface area contributed by atoms with Crippen molar-refractivity contribution in [3.05, 3.63) is 86.3 Å². The number of para-hydroxylation sites is 1. The first kappa shape index (κ1) is 18.0. The summed E-state index contributed by atoms with van der Waals surface area (Å²) in [6.45, 7) is 0. The van der Waals surface area contributed by atoms with Gasteiger partial charge >= 0.3 is 0 Å². The number of phenolic OH excluding ortho intramolecular Hbond substituents is 1. The van der Waals surface area contributed by atoms with Gasteiger partial charge in [-0.3, -0.25) is 9.69 Å². The van der Waals surface area contributed by atoms with Crippen LogP contribution in [0.25, 0.3) is 0 Å². The number of anilines is 2. The van der Waals surface area contributed by atoms with Crippen LogP contribution in [0.2, 0.25) is 5.02 Å². The van der Waals surface area contributed by atoms with E-state index in [0.29, 0.717) is 20.9 Å². The molecule has 6 heteroatoms. The van der Waals surface area contributed by atoms with Crippen molar-refractivity contribution in [1.82, 2.24) is 0 Å². The fourth-order valence-corrected chi connectivity index (χ4v) is 3.52. The van der Waals surface area contributed by atoms with E-state index in [0.717, 1.165) is 4.47 Å². The second-order valence-electron chi connectivity index (χ2n) is 5.23. The number of carbonyl (C=O) groups is 1. The SMILES string of the molecule is O=C(c1cc(Br)ccc1O)N(c1ccccc1)c1ccc(Br)cc1Cl. The standard InChI is InChI=1S/C19H12Br2ClNO2/c20-12-7-9-18(24)15(10-12)19(25)23(14-4-2-1-3-5-14)17-8-6-13(21)11-16(17)22/h1-11,24H. The van der Waals surface area contributed by atoms with Crippen molar-refractivity contribution in [1.29, 1.82) is 0 Å². The Balaban J connectivity index is 2.18. The molecule has 3 aromatic carbocycles. The molecule has 3 nitrogen and oxygen atoms in total. The maximum absolute atomic E-state index is 13.2. The van der Waals surface area contributed by atoms with Gasteiger partial charge in [0.2, 0.25) is 0 Å². The van der Waals surface area contributed by atoms with Crippen LogP contribution < -0.4 is 4.90 Å². The second-order valence-corrected chi connectivity index (χ2v) is 7.47. The molecule has 0 aromatic heterocycles. The largest absolute Gasteiger partial charge is 0.507 e. The van der Waals surface area contributed by atoms with E-state index in [1.54, 1.807) is 24.3 Å². The summed E-state index contributed by atoms with van der Waals surface area (Å²) in [5.41, 5.74) is 1.36. The molecule has 3 aromatic rings. The molecule has 0 bridgehead atoms. The topological polar surface area (TPSA) is 40.5 Å². The third kappa shape index (κ3) is 3.89. The van der Waals surface area contributed by atoms with Gasteiger partial charge in [-0.15, -0.1) is 0 Å². The van der Waals surface area contributed by atoms with Crippen molar-refractivity contribution in [3.8, 4) is 5.75 Å². The van der Waals surface area contributed by atoms with Crippen LogP contribution >= 0.6 is 43.5 Å². The van der Waals surface area contributed by atoms with Gasteiger partial charge in [0.25, 0.3) is 5.91 Å². The maximum Gasteiger partial charge on any atom is 0.266 e. The van der Waals surface area contributed by atoms with Crippen LogP contribution in [-0.2, 0) is 0 Å². The number of amides is 1. The molecule has 0 heterocycles. The highest BCUT2D eigenvalue weighted by atomic mass is 79.9. The summed E-state index contributed by atoms with van der Waals surface area (Å²) in [6.07, 6.45) is 0. The predicted molar refractivity (Wildman–Crippen MR) is 108 cm³/mol. The minimum Gasteiger partial charge on any atom is -0.507 e. The van der Waals surface area contributed by atoms with Gasteiger partial charge in [0, 0.05) is 14.6 Å². The van der Waals surface area contributed by atoms with Crippen molar-refractivity contribution < 1.29 is 9.90 Å². The first-order valence-corrected chi connectivity index (χ1v) is 9.27. The molecule has 1 N–H and O–H groups in total. The van der Waals surface area contributed by atoms with Crippen molar-refractivity contribution in [2.75, 3.05) is 4.90 Å². The van der Waals surface area contributed by atoms with Crippen LogP contribution in [0.1, 0.15) is 10.4 Å². The number of aromatic hydroxyl groups is 1. The van der Waals surface area contributed by atoms with E-state index >= 15 is 0 Å². The van der Waals surface area contributed by atoms with Crippen molar-refractivity contribution in [2.24, 2.45) is 0 Å². The van der Waals surface area contributed by atoms with E-state index in [4.69, 9.17) is 11.6 Å². The molecule has 0 saturated carbocycles. The Kier molecular flexibility index (Phi) is 5.47. The van der Waals surface area contributed by atoms with Gasteiger partial charge in [0.15, 0.2) is 0 Å². The molecular weight excluding hydrogens is 469 g/mol. The number of nitrogens with zero attached hydrogens (tertiary/aromatic N) is 1. The Morgan fingerprint density at radius 2 is 1.56 bits per heavy atom. The molecule has 0 atom stereocenters. The van der Waals surface area contributed by atoms with Gasteiger partial charge in [-0.1, -0.05) is 61.7 Å². The van der Waals surface area contributed by atoms with E-state index in [1.807, 2.05) is 36.4 Å². The second kappa shape index (κ2) is 7.60. The summed E-state index contributed by atoms with van der Waals surface area (Å²) in [5, 5.41) is 10.6. The molecule has 0 unspecified atom stereocenters. The number of carbonyl (C=O) groups excluding carboxylic acids is 1. The van der Waals surface area contributed by atoms with Crippen LogP contribution in [0.5, 0.6) is 5.75 Å². The first-order valence-electron chi connectivity index (χ1n) is 7.30. The van der Waals surface area contributed by atoms with Crippen LogP contribution in [0.4, 0.5) is 11.4 Å². The van der Waals surface area contributed by atoms with Crippen LogP contribution in [-0.4, -0.2) is 11.0 Å². The van der Waals surface area contributed by atoms with Gasteiger partial charge in [0.05, 0.1) is 16.3 Å². The van der Waals surface area contributed by atoms with Gasteiger partial charge in [0.1, 0.15) is 5.75 Å². The molecule has 0 aliphatic heterocycles. The highest BCUT2D eigenvalue weighted by Crippen LogP contribution is 2.36. The van der Waals surface area contributed by atoms with Crippen molar-refractivity contribution in [3.63, 3.8) is 0 Å². The van der Waals surface area contributed by atoms with E-state index in [9.17, 15) is 9.90 Å². The number of phenols is 1. The molecule has 0 aliphatic carbocycles. The fourth-order valence-electron chi connectivity index (χ4n) is 2.41. The molecule has 126 valence electrons. The monoisotopic (exact) mass is 479 g/mol. The predicted octanol–water partition coefficient (Wildman–Crippen LogP) is 6.55. The normalized spacial score (nSPS) is 10.5. The van der Waals surface area contributed by atoms with E-state index < -0.39 is 0 Å². The van der Waals surface area contributed by atoms with Crippen LogP contribution in [0, 0.1) is 0 Å². The van der Waals surface area contributed by atoms with Crippen molar-refractivity contribution >= 4 is 60.7 Å². The lowest BCUT2D eigenvalue weighted by Gasteiger charge is -2.24. The number of rotatable bonds is 3. The molecule has 0 fully saturated rings. The number of benzene rings is 3. The van der Waals surface area contributed by atoms with Crippen molar-refractivity contribution in [2.45, 2.75) is 0 Å². The lowest BCUT2D eigenvalue weighted by Crippen LogP contribution is -2.26. The van der Waals surface area contributed by atoms with Gasteiger partial charge < -0.3 is 5.11 Å². The van der Waals surface area contributed by atoms with Crippen LogP contribution in [0.3, 0.4) is 0 Å². The molecule has 0 spiro atoms. The Bertz CT molecular complexity index is 932. The minimum atomic E-state index is -0.380. The van der Waals surface area contributed by atoms with E-state index in [1.165, 1.54) is 11.0 Å². The third-order valence-corrected chi connectivity index (χ3v) is 4.85. The molecule has 0 radical (unpaired) electrons. The molecule has 0 aliphatic rings. The Labute approximate surface area is 167 Å². The molecule has 25 heavy (non-hydrogen) atoms. The Morgan fingerprint density at radius 3 is 2.24 bits per heavy atom. The third-order valence-electron chi connectivity index (χ3n) is 3.56. The quantitative estimate of drug-likeness (QED) is 0.461. The first-order chi connectivity index (χ1) is 12.0. The lowest BCUT2D eigenvalue weighted by molar-refractivity contribution is 0.0996. The smallest absolute Gasteiger partial charge is 0.266 e. The highest BCUT2D eigenvalue weighted by molar-refractivity contribution is 9.10. The average Bonchev–Trinajstić information content (AvgIpc) is 2.60. The fraction of sp³-hybridized carbons (Fsp3) is 0. The molecule has 3 rings (SSSR count). The maximum atomic E-state index is 13.2. The van der Waals surface area contributed by atoms with Gasteiger partial charge in [-0.2, -0.15) is 0 Å². The summed E-state index contributed by atoms with van der Waals surface area (Å²) in [4.78, 5) is 14.7. The number of hydrogen-bond donors (Lipinski definition) is 1. The zero-order chi connectivity index (χ0) is 18.0.